The van der Waals surface area contributed by atoms with E-state index in [0.717, 1.165) is 12.0 Å². The summed E-state index contributed by atoms with van der Waals surface area (Å²) in [5.74, 6) is -0.542. The van der Waals surface area contributed by atoms with Gasteiger partial charge in [0.05, 0.1) is 18.7 Å². The Morgan fingerprint density at radius 2 is 1.43 bits per heavy atom. The average Bonchev–Trinajstić information content (AvgIpc) is 2.82. The van der Waals surface area contributed by atoms with Crippen LogP contribution in [0.4, 0.5) is 0 Å². The quantitative estimate of drug-likeness (QED) is 0.331. The number of methoxy groups -OCH3 is 1. The first kappa shape index (κ1) is 21.8. The molecule has 0 saturated carbocycles. The van der Waals surface area contributed by atoms with Crippen molar-refractivity contribution in [2.24, 2.45) is 0 Å². The summed E-state index contributed by atoms with van der Waals surface area (Å²) in [6.45, 7) is 6.04. The lowest BCUT2D eigenvalue weighted by molar-refractivity contribution is -0.136. The van der Waals surface area contributed by atoms with Crippen LogP contribution in [-0.2, 0) is 20.5 Å². The van der Waals surface area contributed by atoms with Gasteiger partial charge in [0.25, 0.3) is 0 Å². The molecule has 1 unspecified atom stereocenters. The molecule has 0 aliphatic rings. The van der Waals surface area contributed by atoms with E-state index in [-0.39, 0.29) is 5.57 Å². The Hall–Kier alpha value is -2.94. The van der Waals surface area contributed by atoms with Crippen LogP contribution in [0.25, 0.3) is 0 Å². The molecule has 0 amide bonds. The second-order valence-corrected chi connectivity index (χ2v) is 9.46. The predicted octanol–water partition coefficient (Wildman–Crippen LogP) is 4.54. The van der Waals surface area contributed by atoms with Crippen molar-refractivity contribution in [1.29, 1.82) is 0 Å². The number of aryl methyl sites for hydroxylation is 1. The summed E-state index contributed by atoms with van der Waals surface area (Å²) in [5, 5.41) is 4.60. The average molecular weight is 419 g/mol. The maximum absolute atomic E-state index is 14.4. The van der Waals surface area contributed by atoms with Gasteiger partial charge in [-0.3, -0.25) is 4.57 Å². The lowest BCUT2D eigenvalue weighted by Crippen LogP contribution is -2.33. The van der Waals surface area contributed by atoms with E-state index in [4.69, 9.17) is 4.74 Å². The van der Waals surface area contributed by atoms with Crippen LogP contribution in [0, 0.1) is 0 Å². The third-order valence-corrected chi connectivity index (χ3v) is 7.74. The number of hydrogen-bond donors (Lipinski definition) is 1. The summed E-state index contributed by atoms with van der Waals surface area (Å²) in [6, 6.07) is 25.7. The molecular weight excluding hydrogens is 393 g/mol. The van der Waals surface area contributed by atoms with Crippen molar-refractivity contribution in [2.75, 3.05) is 7.11 Å². The van der Waals surface area contributed by atoms with Crippen LogP contribution in [0.15, 0.2) is 97.1 Å². The summed E-state index contributed by atoms with van der Waals surface area (Å²) in [6.07, 6.45) is 0.906. The molecule has 3 rings (SSSR count). The number of ether oxygens (including phenoxy) is 1. The van der Waals surface area contributed by atoms with Gasteiger partial charge >= 0.3 is 5.97 Å². The van der Waals surface area contributed by atoms with Gasteiger partial charge in [0, 0.05) is 10.6 Å². The van der Waals surface area contributed by atoms with Gasteiger partial charge in [0.15, 0.2) is 0 Å². The third-order valence-electron chi connectivity index (χ3n) is 5.07. The fourth-order valence-corrected chi connectivity index (χ4v) is 5.75. The van der Waals surface area contributed by atoms with E-state index in [2.05, 4.69) is 18.6 Å². The molecule has 30 heavy (non-hydrogen) atoms. The molecular formula is C25H26NO3P. The molecule has 0 saturated heterocycles. The first-order chi connectivity index (χ1) is 14.5. The van der Waals surface area contributed by atoms with E-state index in [1.807, 2.05) is 84.9 Å². The molecule has 5 heteroatoms. The van der Waals surface area contributed by atoms with Crippen LogP contribution in [0.5, 0.6) is 0 Å². The summed E-state index contributed by atoms with van der Waals surface area (Å²) in [4.78, 5) is 12.4. The van der Waals surface area contributed by atoms with Crippen molar-refractivity contribution >= 4 is 23.9 Å². The summed E-state index contributed by atoms with van der Waals surface area (Å²) in [7, 11) is -1.97. The van der Waals surface area contributed by atoms with Crippen molar-refractivity contribution in [2.45, 2.75) is 19.4 Å². The second kappa shape index (κ2) is 9.71. The number of benzene rings is 3. The second-order valence-electron chi connectivity index (χ2n) is 6.95. The number of hydrogen-bond acceptors (Lipinski definition) is 3. The minimum absolute atomic E-state index is 0.203. The van der Waals surface area contributed by atoms with Gasteiger partial charge < -0.3 is 4.74 Å². The first-order valence-electron chi connectivity index (χ1n) is 9.84. The zero-order chi connectivity index (χ0) is 21.6. The summed E-state index contributed by atoms with van der Waals surface area (Å²) < 4.78 is 19.4. The molecule has 0 bridgehead atoms. The van der Waals surface area contributed by atoms with Crippen LogP contribution in [0.2, 0.25) is 0 Å². The maximum atomic E-state index is 14.4. The fourth-order valence-electron chi connectivity index (χ4n) is 3.30. The summed E-state index contributed by atoms with van der Waals surface area (Å²) >= 11 is 0. The monoisotopic (exact) mass is 419 g/mol. The van der Waals surface area contributed by atoms with Crippen molar-refractivity contribution in [3.05, 3.63) is 108 Å². The molecule has 0 radical (unpaired) electrons. The Kier molecular flexibility index (Phi) is 7.04. The highest BCUT2D eigenvalue weighted by Gasteiger charge is 2.33. The molecule has 0 aromatic heterocycles. The van der Waals surface area contributed by atoms with Crippen LogP contribution in [0.1, 0.15) is 24.1 Å². The molecule has 0 aliphatic heterocycles. The molecule has 154 valence electrons. The Morgan fingerprint density at radius 1 is 0.933 bits per heavy atom. The third kappa shape index (κ3) is 4.62. The number of rotatable bonds is 8. The fraction of sp³-hybridized carbons (Fsp3) is 0.160. The van der Waals surface area contributed by atoms with Gasteiger partial charge in [-0.15, -0.1) is 0 Å². The molecule has 0 heterocycles. The molecule has 1 atom stereocenters. The first-order valence-corrected chi connectivity index (χ1v) is 11.5. The Balaban J connectivity index is 2.12. The van der Waals surface area contributed by atoms with E-state index in [1.54, 1.807) is 0 Å². The molecule has 3 aromatic carbocycles. The van der Waals surface area contributed by atoms with Crippen molar-refractivity contribution < 1.29 is 14.1 Å². The lowest BCUT2D eigenvalue weighted by Gasteiger charge is -2.28. The van der Waals surface area contributed by atoms with Crippen LogP contribution in [-0.4, -0.2) is 13.1 Å². The SMILES string of the molecule is C=C(C(=O)OC)C(NP(=O)(c1ccccc1)c1ccccc1)c1ccc(CC)cc1. The van der Waals surface area contributed by atoms with E-state index in [1.165, 1.54) is 12.7 Å². The van der Waals surface area contributed by atoms with E-state index >= 15 is 0 Å². The number of nitrogens with one attached hydrogen (secondary N) is 1. The van der Waals surface area contributed by atoms with Crippen molar-refractivity contribution in [3.63, 3.8) is 0 Å². The van der Waals surface area contributed by atoms with Gasteiger partial charge in [-0.1, -0.05) is 74.2 Å². The van der Waals surface area contributed by atoms with Crippen LogP contribution in [0.3, 0.4) is 0 Å². The normalized spacial score (nSPS) is 12.2. The molecule has 1 N–H and O–H groups in total. The zero-order valence-corrected chi connectivity index (χ0v) is 18.1. The van der Waals surface area contributed by atoms with E-state index in [0.29, 0.717) is 10.6 Å². The highest BCUT2D eigenvalue weighted by Crippen LogP contribution is 2.43. The van der Waals surface area contributed by atoms with Gasteiger partial charge in [-0.2, -0.15) is 0 Å². The maximum Gasteiger partial charge on any atom is 0.335 e. The topological polar surface area (TPSA) is 55.4 Å². The molecule has 0 spiro atoms. The minimum Gasteiger partial charge on any atom is -0.466 e. The highest BCUT2D eigenvalue weighted by molar-refractivity contribution is 7.76. The number of carbonyl (C=O) groups is 1. The van der Waals surface area contributed by atoms with Crippen LogP contribution >= 0.6 is 7.29 Å². The molecule has 0 aliphatic carbocycles. The minimum atomic E-state index is -3.29. The van der Waals surface area contributed by atoms with Crippen LogP contribution < -0.4 is 15.7 Å². The van der Waals surface area contributed by atoms with Crippen molar-refractivity contribution in [1.82, 2.24) is 5.09 Å². The largest absolute Gasteiger partial charge is 0.466 e. The number of carbonyl (C=O) groups excluding carboxylic acids is 1. The van der Waals surface area contributed by atoms with Gasteiger partial charge in [0.1, 0.15) is 0 Å². The predicted molar refractivity (Wildman–Crippen MR) is 123 cm³/mol. The Bertz CT molecular complexity index is 1000. The highest BCUT2D eigenvalue weighted by atomic mass is 31.2. The standard InChI is InChI=1S/C25H26NO3P/c1-4-20-15-17-21(18-16-20)24(19(2)25(27)29-3)26-30(28,22-11-7-5-8-12-22)23-13-9-6-10-14-23/h5-18,24H,2,4H2,1,3H3,(H,26,28). The van der Waals surface area contributed by atoms with E-state index in [9.17, 15) is 9.36 Å². The van der Waals surface area contributed by atoms with Gasteiger partial charge in [-0.25, -0.2) is 9.88 Å². The number of esters is 1. The molecule has 3 aromatic rings. The van der Waals surface area contributed by atoms with Gasteiger partial charge in [0.2, 0.25) is 7.29 Å². The smallest absolute Gasteiger partial charge is 0.335 e. The lowest BCUT2D eigenvalue weighted by atomic mass is 9.99. The molecule has 0 fully saturated rings. The summed E-state index contributed by atoms with van der Waals surface area (Å²) in [5.41, 5.74) is 2.18. The zero-order valence-electron chi connectivity index (χ0n) is 17.2. The van der Waals surface area contributed by atoms with Crippen molar-refractivity contribution in [3.8, 4) is 0 Å². The Labute approximate surface area is 178 Å². The Morgan fingerprint density at radius 3 is 1.87 bits per heavy atom. The van der Waals surface area contributed by atoms with E-state index < -0.39 is 19.3 Å². The molecule has 4 nitrogen and oxygen atoms in total. The van der Waals surface area contributed by atoms with Gasteiger partial charge in [-0.05, 0) is 41.8 Å².